The van der Waals surface area contributed by atoms with Gasteiger partial charge in [0.2, 0.25) is 0 Å². The summed E-state index contributed by atoms with van der Waals surface area (Å²) in [5.41, 5.74) is 0.908. The van der Waals surface area contributed by atoms with E-state index in [9.17, 15) is 14.4 Å². The fourth-order valence-electron chi connectivity index (χ4n) is 2.75. The van der Waals surface area contributed by atoms with Crippen LogP contribution >= 0.6 is 12.2 Å². The van der Waals surface area contributed by atoms with Gasteiger partial charge in [0.05, 0.1) is 12.8 Å². The highest BCUT2D eigenvalue weighted by Crippen LogP contribution is 2.30. The van der Waals surface area contributed by atoms with E-state index in [0.717, 1.165) is 0 Å². The predicted octanol–water partition coefficient (Wildman–Crippen LogP) is 2.38. The van der Waals surface area contributed by atoms with Crippen molar-refractivity contribution in [3.8, 4) is 11.5 Å². The third-order valence-corrected chi connectivity index (χ3v) is 4.55. The second kappa shape index (κ2) is 8.75. The van der Waals surface area contributed by atoms with Crippen LogP contribution in [0.15, 0.2) is 54.1 Å². The molecule has 3 rings (SSSR count). The van der Waals surface area contributed by atoms with Crippen LogP contribution in [-0.4, -0.2) is 41.2 Å². The largest absolute Gasteiger partial charge is 0.493 e. The molecule has 0 spiro atoms. The maximum absolute atomic E-state index is 13.0. The first kappa shape index (κ1) is 21.0. The number of thiocarbonyl (C=S) groups is 1. The van der Waals surface area contributed by atoms with Crippen molar-refractivity contribution in [2.75, 3.05) is 12.0 Å². The van der Waals surface area contributed by atoms with E-state index < -0.39 is 23.9 Å². The van der Waals surface area contributed by atoms with Crippen molar-refractivity contribution in [2.45, 2.75) is 13.0 Å². The molecule has 30 heavy (non-hydrogen) atoms. The predicted molar refractivity (Wildman–Crippen MR) is 113 cm³/mol. The topological polar surface area (TPSA) is 105 Å². The first-order chi connectivity index (χ1) is 14.3. The van der Waals surface area contributed by atoms with E-state index in [4.69, 9.17) is 26.8 Å². The first-order valence-electron chi connectivity index (χ1n) is 8.86. The molecule has 1 atom stereocenters. The van der Waals surface area contributed by atoms with Crippen LogP contribution < -0.4 is 19.7 Å². The van der Waals surface area contributed by atoms with Crippen molar-refractivity contribution in [2.24, 2.45) is 0 Å². The molecule has 1 heterocycles. The van der Waals surface area contributed by atoms with Crippen molar-refractivity contribution >= 4 is 46.9 Å². The lowest BCUT2D eigenvalue weighted by molar-refractivity contribution is -0.144. The molecule has 2 aromatic carbocycles. The lowest BCUT2D eigenvalue weighted by atomic mass is 10.1. The quantitative estimate of drug-likeness (QED) is 0.415. The molecule has 2 amide bonds. The van der Waals surface area contributed by atoms with Gasteiger partial charge in [-0.3, -0.25) is 19.8 Å². The first-order valence-corrected chi connectivity index (χ1v) is 9.26. The molecule has 1 saturated heterocycles. The van der Waals surface area contributed by atoms with Crippen molar-refractivity contribution in [3.05, 3.63) is 59.7 Å². The molecule has 0 unspecified atom stereocenters. The van der Waals surface area contributed by atoms with E-state index >= 15 is 0 Å². The number of benzene rings is 2. The van der Waals surface area contributed by atoms with Crippen LogP contribution in [0.1, 0.15) is 12.5 Å². The molecular weight excluding hydrogens is 408 g/mol. The van der Waals surface area contributed by atoms with E-state index in [-0.39, 0.29) is 22.2 Å². The third-order valence-electron chi connectivity index (χ3n) is 4.27. The van der Waals surface area contributed by atoms with E-state index in [1.165, 1.54) is 37.1 Å². The standard InChI is InChI=1S/C21H18N2O6S/c1-12(20(26)27)29-16-9-8-13(11-17(16)28-2)10-15-18(24)22-21(30)23(19(15)25)14-6-4-3-5-7-14/h3-12H,1-2H3,(H,26,27)(H,22,24,30)/b15-10+/t12-/m1/s1. The van der Waals surface area contributed by atoms with Gasteiger partial charge in [0.25, 0.3) is 11.8 Å². The molecule has 2 N–H and O–H groups in total. The summed E-state index contributed by atoms with van der Waals surface area (Å²) in [6, 6.07) is 13.4. The van der Waals surface area contributed by atoms with Gasteiger partial charge in [-0.1, -0.05) is 24.3 Å². The summed E-state index contributed by atoms with van der Waals surface area (Å²) >= 11 is 5.16. The van der Waals surface area contributed by atoms with Gasteiger partial charge < -0.3 is 14.6 Å². The van der Waals surface area contributed by atoms with Gasteiger partial charge >= 0.3 is 5.97 Å². The van der Waals surface area contributed by atoms with Crippen molar-refractivity contribution in [3.63, 3.8) is 0 Å². The second-order valence-corrected chi connectivity index (χ2v) is 6.69. The van der Waals surface area contributed by atoms with E-state index in [2.05, 4.69) is 5.32 Å². The molecule has 0 bridgehead atoms. The van der Waals surface area contributed by atoms with Crippen LogP contribution in [0.25, 0.3) is 6.08 Å². The lowest BCUT2D eigenvalue weighted by Gasteiger charge is -2.28. The number of carboxylic acids is 1. The zero-order chi connectivity index (χ0) is 21.8. The number of carboxylic acid groups (broad SMARTS) is 1. The molecule has 9 heteroatoms. The Kier molecular flexibility index (Phi) is 6.12. The molecule has 0 aliphatic carbocycles. The van der Waals surface area contributed by atoms with Gasteiger partial charge in [0.15, 0.2) is 22.7 Å². The molecule has 1 aliphatic heterocycles. The van der Waals surface area contributed by atoms with Gasteiger partial charge in [-0.2, -0.15) is 0 Å². The number of hydrogen-bond donors (Lipinski definition) is 2. The van der Waals surface area contributed by atoms with Gasteiger partial charge in [-0.15, -0.1) is 0 Å². The van der Waals surface area contributed by atoms with Crippen LogP contribution in [0.5, 0.6) is 11.5 Å². The fraction of sp³-hybridized carbons (Fsp3) is 0.143. The number of para-hydroxylation sites is 1. The Morgan fingerprint density at radius 2 is 1.87 bits per heavy atom. The number of amides is 2. The highest BCUT2D eigenvalue weighted by atomic mass is 32.1. The number of ether oxygens (including phenoxy) is 2. The van der Waals surface area contributed by atoms with Gasteiger partial charge in [-0.05, 0) is 55.0 Å². The Morgan fingerprint density at radius 3 is 2.50 bits per heavy atom. The minimum absolute atomic E-state index is 0.00247. The Bertz CT molecular complexity index is 1050. The minimum Gasteiger partial charge on any atom is -0.493 e. The summed E-state index contributed by atoms with van der Waals surface area (Å²) in [6.07, 6.45) is 0.330. The number of carbonyl (C=O) groups is 3. The number of methoxy groups -OCH3 is 1. The van der Waals surface area contributed by atoms with Gasteiger partial charge in [-0.25, -0.2) is 4.79 Å². The number of rotatable bonds is 6. The average molecular weight is 426 g/mol. The monoisotopic (exact) mass is 426 g/mol. The lowest BCUT2D eigenvalue weighted by Crippen LogP contribution is -2.54. The van der Waals surface area contributed by atoms with Crippen molar-refractivity contribution in [1.82, 2.24) is 5.32 Å². The van der Waals surface area contributed by atoms with Crippen molar-refractivity contribution < 1.29 is 29.0 Å². The average Bonchev–Trinajstić information content (AvgIpc) is 2.72. The second-order valence-electron chi connectivity index (χ2n) is 6.30. The summed E-state index contributed by atoms with van der Waals surface area (Å²) in [4.78, 5) is 37.6. The summed E-state index contributed by atoms with van der Waals surface area (Å²) in [6.45, 7) is 1.39. The Morgan fingerprint density at radius 1 is 1.17 bits per heavy atom. The van der Waals surface area contributed by atoms with Crippen LogP contribution in [0.2, 0.25) is 0 Å². The highest BCUT2D eigenvalue weighted by Gasteiger charge is 2.34. The Balaban J connectivity index is 1.94. The Labute approximate surface area is 177 Å². The molecule has 0 aromatic heterocycles. The minimum atomic E-state index is -1.12. The van der Waals surface area contributed by atoms with E-state index in [1.807, 2.05) is 0 Å². The zero-order valence-electron chi connectivity index (χ0n) is 16.1. The van der Waals surface area contributed by atoms with E-state index in [0.29, 0.717) is 11.3 Å². The number of aliphatic carboxylic acids is 1. The molecule has 2 aromatic rings. The molecular formula is C21H18N2O6S. The van der Waals surface area contributed by atoms with E-state index in [1.54, 1.807) is 36.4 Å². The van der Waals surface area contributed by atoms with Crippen molar-refractivity contribution in [1.29, 1.82) is 0 Å². The van der Waals surface area contributed by atoms with Crippen LogP contribution in [0.4, 0.5) is 5.69 Å². The fourth-order valence-corrected chi connectivity index (χ4v) is 3.03. The summed E-state index contributed by atoms with van der Waals surface area (Å²) < 4.78 is 10.6. The smallest absolute Gasteiger partial charge is 0.344 e. The Hall–Kier alpha value is -3.72. The van der Waals surface area contributed by atoms with Gasteiger partial charge in [0, 0.05) is 0 Å². The highest BCUT2D eigenvalue weighted by molar-refractivity contribution is 7.80. The zero-order valence-corrected chi connectivity index (χ0v) is 16.9. The summed E-state index contributed by atoms with van der Waals surface area (Å²) in [7, 11) is 1.40. The maximum Gasteiger partial charge on any atom is 0.344 e. The molecule has 8 nitrogen and oxygen atoms in total. The number of hydrogen-bond acceptors (Lipinski definition) is 6. The molecule has 1 fully saturated rings. The molecule has 1 aliphatic rings. The number of anilines is 1. The van der Waals surface area contributed by atoms with Gasteiger partial charge in [0.1, 0.15) is 5.57 Å². The number of nitrogens with zero attached hydrogens (tertiary/aromatic N) is 1. The molecule has 0 saturated carbocycles. The molecule has 0 radical (unpaired) electrons. The normalized spacial score (nSPS) is 16.3. The van der Waals surface area contributed by atoms with Crippen LogP contribution in [-0.2, 0) is 14.4 Å². The number of carbonyl (C=O) groups excluding carboxylic acids is 2. The third kappa shape index (κ3) is 4.31. The van der Waals surface area contributed by atoms with Crippen LogP contribution in [0.3, 0.4) is 0 Å². The SMILES string of the molecule is COc1cc(/C=C2\C(=O)NC(=S)N(c3ccccc3)C2=O)ccc1O[C@H](C)C(=O)O. The van der Waals surface area contributed by atoms with Crippen LogP contribution in [0, 0.1) is 0 Å². The summed E-state index contributed by atoms with van der Waals surface area (Å²) in [5.74, 6) is -1.81. The number of nitrogens with one attached hydrogen (secondary N) is 1. The molecule has 154 valence electrons. The maximum atomic E-state index is 13.0. The summed E-state index contributed by atoms with van der Waals surface area (Å²) in [5, 5.41) is 11.5.